The lowest BCUT2D eigenvalue weighted by molar-refractivity contribution is -0.115. The zero-order valence-corrected chi connectivity index (χ0v) is 8.10. The summed E-state index contributed by atoms with van der Waals surface area (Å²) in [5.41, 5.74) is 1.39. The van der Waals surface area contributed by atoms with E-state index in [9.17, 15) is 4.79 Å². The van der Waals surface area contributed by atoms with Gasteiger partial charge in [0.25, 0.3) is 0 Å². The topological polar surface area (TPSA) is 17.1 Å². The van der Waals surface area contributed by atoms with Gasteiger partial charge in [0.05, 0.1) is 0 Å². The molecule has 0 N–H and O–H groups in total. The van der Waals surface area contributed by atoms with Gasteiger partial charge in [0.1, 0.15) is 6.29 Å². The average Bonchev–Trinajstić information content (AvgIpc) is 2.57. The number of hydrogen-bond donors (Lipinski definition) is 0. The van der Waals surface area contributed by atoms with E-state index in [4.69, 9.17) is 0 Å². The van der Waals surface area contributed by atoms with Crippen LogP contribution < -0.4 is 0 Å². The summed E-state index contributed by atoms with van der Waals surface area (Å²) < 4.78 is 0. The van der Waals surface area contributed by atoms with Crippen LogP contribution in [0.3, 0.4) is 0 Å². The first kappa shape index (κ1) is 9.50. The van der Waals surface area contributed by atoms with Gasteiger partial charge in [-0.05, 0) is 32.1 Å². The number of carbonyl (C=O) groups is 1. The van der Waals surface area contributed by atoms with Crippen molar-refractivity contribution < 1.29 is 4.79 Å². The molecule has 0 bridgehead atoms. The molecule has 0 fully saturated rings. The van der Waals surface area contributed by atoms with Crippen LogP contribution in [0, 0.1) is 5.41 Å². The first-order valence-corrected chi connectivity index (χ1v) is 4.84. The lowest BCUT2D eigenvalue weighted by Gasteiger charge is -2.21. The van der Waals surface area contributed by atoms with E-state index in [1.165, 1.54) is 24.8 Å². The van der Waals surface area contributed by atoms with E-state index in [2.05, 4.69) is 19.9 Å². The summed E-state index contributed by atoms with van der Waals surface area (Å²) in [6, 6.07) is 0. The Morgan fingerprint density at radius 2 is 2.42 bits per heavy atom. The minimum atomic E-state index is -0.101. The highest BCUT2D eigenvalue weighted by molar-refractivity contribution is 5.59. The van der Waals surface area contributed by atoms with Crippen LogP contribution in [0.2, 0.25) is 0 Å². The molecule has 0 heterocycles. The molecule has 0 spiro atoms. The molecule has 1 aliphatic carbocycles. The summed E-state index contributed by atoms with van der Waals surface area (Å²) >= 11 is 0. The molecule has 0 saturated heterocycles. The Kier molecular flexibility index (Phi) is 3.07. The van der Waals surface area contributed by atoms with Gasteiger partial charge in [-0.15, -0.1) is 0 Å². The molecule has 1 unspecified atom stereocenters. The van der Waals surface area contributed by atoms with Crippen LogP contribution in [0.4, 0.5) is 0 Å². The molecule has 1 nitrogen and oxygen atoms in total. The Hall–Kier alpha value is -0.590. The van der Waals surface area contributed by atoms with Crippen LogP contribution in [0.1, 0.15) is 46.0 Å². The Labute approximate surface area is 74.9 Å². The van der Waals surface area contributed by atoms with E-state index in [-0.39, 0.29) is 5.41 Å². The van der Waals surface area contributed by atoms with Crippen molar-refractivity contribution >= 4 is 6.29 Å². The Morgan fingerprint density at radius 3 is 2.83 bits per heavy atom. The molecule has 1 atom stereocenters. The summed E-state index contributed by atoms with van der Waals surface area (Å²) in [5, 5.41) is 0. The second-order valence-corrected chi connectivity index (χ2v) is 4.06. The highest BCUT2D eigenvalue weighted by Gasteiger charge is 2.23. The molecule has 1 rings (SSSR count). The molecule has 0 saturated carbocycles. The largest absolute Gasteiger partial charge is 0.303 e. The molecule has 0 radical (unpaired) electrons. The normalized spacial score (nSPS) is 21.7. The molecule has 68 valence electrons. The van der Waals surface area contributed by atoms with E-state index in [1.54, 1.807) is 0 Å². The quantitative estimate of drug-likeness (QED) is 0.463. The summed E-state index contributed by atoms with van der Waals surface area (Å²) in [5.74, 6) is 0. The maximum atomic E-state index is 10.8. The Balaban J connectivity index is 2.52. The molecule has 12 heavy (non-hydrogen) atoms. The average molecular weight is 166 g/mol. The van der Waals surface area contributed by atoms with Gasteiger partial charge in [0.2, 0.25) is 0 Å². The van der Waals surface area contributed by atoms with Crippen LogP contribution >= 0.6 is 0 Å². The fourth-order valence-corrected chi connectivity index (χ4v) is 1.67. The first-order valence-electron chi connectivity index (χ1n) is 4.84. The molecule has 0 aliphatic heterocycles. The van der Waals surface area contributed by atoms with Crippen LogP contribution in [0.25, 0.3) is 0 Å². The molecule has 1 aliphatic rings. The smallest absolute Gasteiger partial charge is 0.126 e. The van der Waals surface area contributed by atoms with Crippen LogP contribution in [-0.2, 0) is 4.79 Å². The highest BCUT2D eigenvalue weighted by Crippen LogP contribution is 2.32. The fraction of sp³-hybridized carbons (Fsp3) is 0.727. The van der Waals surface area contributed by atoms with Gasteiger partial charge >= 0.3 is 0 Å². The van der Waals surface area contributed by atoms with Crippen molar-refractivity contribution in [2.75, 3.05) is 0 Å². The third-order valence-corrected chi connectivity index (χ3v) is 2.86. The maximum Gasteiger partial charge on any atom is 0.126 e. The Morgan fingerprint density at radius 1 is 1.67 bits per heavy atom. The van der Waals surface area contributed by atoms with Crippen LogP contribution in [0.5, 0.6) is 0 Å². The second kappa shape index (κ2) is 3.88. The third kappa shape index (κ3) is 2.20. The van der Waals surface area contributed by atoms with Crippen molar-refractivity contribution in [3.05, 3.63) is 11.6 Å². The molecule has 0 aromatic rings. The summed E-state index contributed by atoms with van der Waals surface area (Å²) in [6.07, 6.45) is 9.07. The summed E-state index contributed by atoms with van der Waals surface area (Å²) in [7, 11) is 0. The van der Waals surface area contributed by atoms with Gasteiger partial charge in [-0.1, -0.05) is 25.5 Å². The number of hydrogen-bond acceptors (Lipinski definition) is 1. The van der Waals surface area contributed by atoms with Gasteiger partial charge in [0.15, 0.2) is 0 Å². The summed E-state index contributed by atoms with van der Waals surface area (Å²) in [4.78, 5) is 10.8. The first-order chi connectivity index (χ1) is 5.70. The molecular formula is C11H18O. The lowest BCUT2D eigenvalue weighted by atomic mass is 9.82. The number of rotatable bonds is 4. The van der Waals surface area contributed by atoms with Crippen molar-refractivity contribution in [2.45, 2.75) is 46.0 Å². The van der Waals surface area contributed by atoms with E-state index < -0.39 is 0 Å². The SMILES string of the molecule is CCC(C)(C=O)CC1=CCCC1. The molecule has 0 amide bonds. The zero-order chi connectivity index (χ0) is 9.03. The van der Waals surface area contributed by atoms with E-state index in [0.29, 0.717) is 0 Å². The maximum absolute atomic E-state index is 10.8. The number of allylic oxidation sites excluding steroid dienone is 2. The van der Waals surface area contributed by atoms with Gasteiger partial charge in [-0.2, -0.15) is 0 Å². The van der Waals surface area contributed by atoms with Crippen molar-refractivity contribution in [1.82, 2.24) is 0 Å². The van der Waals surface area contributed by atoms with Gasteiger partial charge in [-0.25, -0.2) is 0 Å². The molecule has 0 aromatic heterocycles. The molecule has 0 aromatic carbocycles. The second-order valence-electron chi connectivity index (χ2n) is 4.06. The number of aldehydes is 1. The minimum absolute atomic E-state index is 0.101. The van der Waals surface area contributed by atoms with Crippen molar-refractivity contribution in [3.8, 4) is 0 Å². The van der Waals surface area contributed by atoms with Crippen LogP contribution in [-0.4, -0.2) is 6.29 Å². The van der Waals surface area contributed by atoms with E-state index >= 15 is 0 Å². The molecular weight excluding hydrogens is 148 g/mol. The zero-order valence-electron chi connectivity index (χ0n) is 8.10. The fourth-order valence-electron chi connectivity index (χ4n) is 1.67. The van der Waals surface area contributed by atoms with Gasteiger partial charge < -0.3 is 4.79 Å². The monoisotopic (exact) mass is 166 g/mol. The standard InChI is InChI=1S/C11H18O/c1-3-11(2,9-12)8-10-6-4-5-7-10/h6,9H,3-5,7-8H2,1-2H3. The van der Waals surface area contributed by atoms with Gasteiger partial charge in [0, 0.05) is 5.41 Å². The Bertz CT molecular complexity index is 193. The van der Waals surface area contributed by atoms with Crippen molar-refractivity contribution in [2.24, 2.45) is 5.41 Å². The van der Waals surface area contributed by atoms with Crippen molar-refractivity contribution in [3.63, 3.8) is 0 Å². The predicted octanol–water partition coefficient (Wildman–Crippen LogP) is 3.10. The third-order valence-electron chi connectivity index (χ3n) is 2.86. The van der Waals surface area contributed by atoms with Gasteiger partial charge in [-0.3, -0.25) is 0 Å². The van der Waals surface area contributed by atoms with Crippen molar-refractivity contribution in [1.29, 1.82) is 0 Å². The lowest BCUT2D eigenvalue weighted by Crippen LogP contribution is -2.17. The molecule has 1 heteroatoms. The number of carbonyl (C=O) groups excluding carboxylic acids is 1. The van der Waals surface area contributed by atoms with E-state index in [0.717, 1.165) is 19.1 Å². The predicted molar refractivity (Wildman–Crippen MR) is 51.0 cm³/mol. The summed E-state index contributed by atoms with van der Waals surface area (Å²) in [6.45, 7) is 4.14. The minimum Gasteiger partial charge on any atom is -0.303 e. The van der Waals surface area contributed by atoms with E-state index in [1.807, 2.05) is 0 Å². The van der Waals surface area contributed by atoms with Crippen LogP contribution in [0.15, 0.2) is 11.6 Å². The highest BCUT2D eigenvalue weighted by atomic mass is 16.1.